The highest BCUT2D eigenvalue weighted by Gasteiger charge is 2.27. The van der Waals surface area contributed by atoms with Gasteiger partial charge in [0.15, 0.2) is 5.69 Å². The van der Waals surface area contributed by atoms with E-state index in [9.17, 15) is 14.7 Å². The Hall–Kier alpha value is -3.29. The minimum Gasteiger partial charge on any atom is -0.480 e. The van der Waals surface area contributed by atoms with Crippen molar-refractivity contribution >= 4 is 22.8 Å². The highest BCUT2D eigenvalue weighted by atomic mass is 16.4. The molecule has 0 bridgehead atoms. The van der Waals surface area contributed by atoms with Gasteiger partial charge in [-0.05, 0) is 25.0 Å². The molecule has 1 amide bonds. The highest BCUT2D eigenvalue weighted by Crippen LogP contribution is 2.21. The van der Waals surface area contributed by atoms with E-state index in [4.69, 9.17) is 0 Å². The molecule has 0 radical (unpaired) electrons. The van der Waals surface area contributed by atoms with Crippen molar-refractivity contribution in [2.24, 2.45) is 5.92 Å². The second-order valence-corrected chi connectivity index (χ2v) is 6.32. The average Bonchev–Trinajstić information content (AvgIpc) is 2.99. The van der Waals surface area contributed by atoms with Crippen LogP contribution < -0.4 is 5.32 Å². The van der Waals surface area contributed by atoms with Crippen LogP contribution in [-0.2, 0) is 4.79 Å². The Kier molecular flexibility index (Phi) is 4.66. The van der Waals surface area contributed by atoms with Crippen LogP contribution in [0.15, 0.2) is 36.5 Å². The van der Waals surface area contributed by atoms with E-state index in [-0.39, 0.29) is 11.6 Å². The Bertz CT molecular complexity index is 975. The summed E-state index contributed by atoms with van der Waals surface area (Å²) in [5.74, 6) is -1.91. The van der Waals surface area contributed by atoms with Crippen molar-refractivity contribution in [3.05, 3.63) is 47.9 Å². The molecule has 1 aromatic carbocycles. The molecule has 0 saturated heterocycles. The highest BCUT2D eigenvalue weighted by molar-refractivity contribution is 5.96. The second kappa shape index (κ2) is 6.91. The number of carbonyl (C=O) groups excluding carboxylic acids is 1. The number of hydrogen-bond acceptors (Lipinski definition) is 5. The van der Waals surface area contributed by atoms with E-state index in [1.54, 1.807) is 27.0 Å². The third-order valence-electron chi connectivity index (χ3n) is 4.17. The van der Waals surface area contributed by atoms with E-state index in [1.807, 2.05) is 30.3 Å². The molecule has 26 heavy (non-hydrogen) atoms. The normalized spacial score (nSPS) is 12.3. The van der Waals surface area contributed by atoms with Crippen LogP contribution in [0, 0.1) is 12.8 Å². The molecule has 0 spiro atoms. The SMILES string of the molecule is Cc1c(C(=O)NC(C(=O)O)C(C)C)nnn1-c1cccc2cccnc12. The lowest BCUT2D eigenvalue weighted by molar-refractivity contribution is -0.140. The number of rotatable bonds is 5. The summed E-state index contributed by atoms with van der Waals surface area (Å²) in [6.07, 6.45) is 1.69. The van der Waals surface area contributed by atoms with Crippen LogP contribution in [0.2, 0.25) is 0 Å². The monoisotopic (exact) mass is 353 g/mol. The van der Waals surface area contributed by atoms with Crippen molar-refractivity contribution in [1.29, 1.82) is 0 Å². The number of carboxylic acid groups (broad SMARTS) is 1. The molecule has 0 aliphatic rings. The minimum atomic E-state index is -1.09. The quantitative estimate of drug-likeness (QED) is 0.725. The largest absolute Gasteiger partial charge is 0.480 e. The first-order valence-corrected chi connectivity index (χ1v) is 8.20. The van der Waals surface area contributed by atoms with Crippen LogP contribution in [0.5, 0.6) is 0 Å². The molecule has 0 fully saturated rings. The van der Waals surface area contributed by atoms with Crippen molar-refractivity contribution in [3.8, 4) is 5.69 Å². The first kappa shape index (κ1) is 17.5. The van der Waals surface area contributed by atoms with Crippen molar-refractivity contribution in [1.82, 2.24) is 25.3 Å². The maximum Gasteiger partial charge on any atom is 0.326 e. The molecule has 1 atom stereocenters. The molecule has 0 saturated carbocycles. The van der Waals surface area contributed by atoms with Crippen molar-refractivity contribution in [2.45, 2.75) is 26.8 Å². The zero-order valence-electron chi connectivity index (χ0n) is 14.7. The zero-order chi connectivity index (χ0) is 18.8. The summed E-state index contributed by atoms with van der Waals surface area (Å²) in [6.45, 7) is 5.16. The van der Waals surface area contributed by atoms with Gasteiger partial charge in [0.1, 0.15) is 6.04 Å². The zero-order valence-corrected chi connectivity index (χ0v) is 14.7. The first-order chi connectivity index (χ1) is 12.4. The van der Waals surface area contributed by atoms with Gasteiger partial charge in [0, 0.05) is 11.6 Å². The molecule has 1 unspecified atom stereocenters. The van der Waals surface area contributed by atoms with E-state index in [1.165, 1.54) is 4.68 Å². The number of hydrogen-bond donors (Lipinski definition) is 2. The molecule has 134 valence electrons. The number of pyridine rings is 1. The predicted molar refractivity (Wildman–Crippen MR) is 95.1 cm³/mol. The summed E-state index contributed by atoms with van der Waals surface area (Å²) in [4.78, 5) is 28.2. The standard InChI is InChI=1S/C18H19N5O3/c1-10(2)14(18(25)26)20-17(24)15-11(3)23(22-21-15)13-8-4-6-12-7-5-9-19-16(12)13/h4-10,14H,1-3H3,(H,20,24)(H,25,26). The molecule has 2 N–H and O–H groups in total. The molecular formula is C18H19N5O3. The van der Waals surface area contributed by atoms with Crippen LogP contribution in [0.4, 0.5) is 0 Å². The van der Waals surface area contributed by atoms with E-state index >= 15 is 0 Å². The summed E-state index contributed by atoms with van der Waals surface area (Å²) in [5, 5.41) is 20.7. The lowest BCUT2D eigenvalue weighted by atomic mass is 10.0. The van der Waals surface area contributed by atoms with E-state index in [2.05, 4.69) is 20.6 Å². The number of nitrogens with one attached hydrogen (secondary N) is 1. The molecule has 2 aromatic heterocycles. The van der Waals surface area contributed by atoms with Gasteiger partial charge in [-0.15, -0.1) is 5.10 Å². The number of para-hydroxylation sites is 1. The summed E-state index contributed by atoms with van der Waals surface area (Å²) in [7, 11) is 0. The second-order valence-electron chi connectivity index (χ2n) is 6.32. The van der Waals surface area contributed by atoms with Crippen molar-refractivity contribution in [3.63, 3.8) is 0 Å². The van der Waals surface area contributed by atoms with Crippen LogP contribution in [0.25, 0.3) is 16.6 Å². The lowest BCUT2D eigenvalue weighted by Crippen LogP contribution is -2.44. The number of aromatic nitrogens is 4. The Morgan fingerprint density at radius 1 is 1.19 bits per heavy atom. The summed E-state index contributed by atoms with van der Waals surface area (Å²) < 4.78 is 1.54. The van der Waals surface area contributed by atoms with Gasteiger partial charge in [-0.2, -0.15) is 0 Å². The van der Waals surface area contributed by atoms with Crippen LogP contribution in [-0.4, -0.2) is 43.0 Å². The molecule has 2 heterocycles. The van der Waals surface area contributed by atoms with Gasteiger partial charge < -0.3 is 10.4 Å². The van der Waals surface area contributed by atoms with E-state index < -0.39 is 17.9 Å². The van der Waals surface area contributed by atoms with Crippen molar-refractivity contribution < 1.29 is 14.7 Å². The fourth-order valence-corrected chi connectivity index (χ4v) is 2.75. The lowest BCUT2D eigenvalue weighted by Gasteiger charge is -2.17. The molecule has 8 heteroatoms. The summed E-state index contributed by atoms with van der Waals surface area (Å²) in [6, 6.07) is 8.44. The Morgan fingerprint density at radius 3 is 2.62 bits per heavy atom. The molecule has 0 aliphatic heterocycles. The van der Waals surface area contributed by atoms with Gasteiger partial charge in [0.25, 0.3) is 5.91 Å². The first-order valence-electron chi connectivity index (χ1n) is 8.20. The van der Waals surface area contributed by atoms with Crippen molar-refractivity contribution in [2.75, 3.05) is 0 Å². The number of nitrogens with zero attached hydrogens (tertiary/aromatic N) is 4. The molecule has 8 nitrogen and oxygen atoms in total. The van der Waals surface area contributed by atoms with E-state index in [0.717, 1.165) is 10.9 Å². The minimum absolute atomic E-state index is 0.0878. The predicted octanol–water partition coefficient (Wildman–Crippen LogP) is 1.96. The number of benzene rings is 1. The molecular weight excluding hydrogens is 334 g/mol. The Labute approximate surface area is 149 Å². The number of aliphatic carboxylic acids is 1. The van der Waals surface area contributed by atoms with Gasteiger partial charge in [-0.3, -0.25) is 9.78 Å². The maximum absolute atomic E-state index is 12.5. The number of carboxylic acids is 1. The topological polar surface area (TPSA) is 110 Å². The number of amides is 1. The number of fused-ring (bicyclic) bond motifs is 1. The van der Waals surface area contributed by atoms with Gasteiger partial charge in [-0.25, -0.2) is 9.48 Å². The molecule has 3 aromatic rings. The fourth-order valence-electron chi connectivity index (χ4n) is 2.75. The molecule has 3 rings (SSSR count). The van der Waals surface area contributed by atoms with Crippen LogP contribution >= 0.6 is 0 Å². The fraction of sp³-hybridized carbons (Fsp3) is 0.278. The van der Waals surface area contributed by atoms with Gasteiger partial charge in [0.05, 0.1) is 16.9 Å². The smallest absolute Gasteiger partial charge is 0.326 e. The van der Waals surface area contributed by atoms with Gasteiger partial charge in [0.2, 0.25) is 0 Å². The van der Waals surface area contributed by atoms with E-state index in [0.29, 0.717) is 11.4 Å². The summed E-state index contributed by atoms with van der Waals surface area (Å²) in [5.41, 5.74) is 2.03. The maximum atomic E-state index is 12.5. The third-order valence-corrected chi connectivity index (χ3v) is 4.17. The van der Waals surface area contributed by atoms with Gasteiger partial charge >= 0.3 is 5.97 Å². The number of carbonyl (C=O) groups is 2. The van der Waals surface area contributed by atoms with Crippen LogP contribution in [0.1, 0.15) is 30.0 Å². The third kappa shape index (κ3) is 3.13. The Morgan fingerprint density at radius 2 is 1.92 bits per heavy atom. The van der Waals surface area contributed by atoms with Crippen LogP contribution in [0.3, 0.4) is 0 Å². The molecule has 0 aliphatic carbocycles. The van der Waals surface area contributed by atoms with Gasteiger partial charge in [-0.1, -0.05) is 37.3 Å². The Balaban J connectivity index is 1.98. The summed E-state index contributed by atoms with van der Waals surface area (Å²) >= 11 is 0. The average molecular weight is 353 g/mol.